The van der Waals surface area contributed by atoms with Gasteiger partial charge in [0.2, 0.25) is 5.88 Å². The van der Waals surface area contributed by atoms with Gasteiger partial charge in [0.05, 0.1) is 17.8 Å². The van der Waals surface area contributed by atoms with Crippen LogP contribution in [0.1, 0.15) is 58.8 Å². The highest BCUT2D eigenvalue weighted by Gasteiger charge is 2.21. The summed E-state index contributed by atoms with van der Waals surface area (Å²) < 4.78 is 11.1. The second kappa shape index (κ2) is 8.29. The maximum Gasteiger partial charge on any atom is 0.255 e. The molecular weight excluding hydrogens is 292 g/mol. The van der Waals surface area contributed by atoms with Crippen molar-refractivity contribution in [2.75, 3.05) is 13.2 Å². The maximum absolute atomic E-state index is 12.5. The number of carbonyl (C=O) groups excluding carboxylic acids is 1. The zero-order valence-corrected chi connectivity index (χ0v) is 15.4. The predicted octanol–water partition coefficient (Wildman–Crippen LogP) is 3.53. The van der Waals surface area contributed by atoms with Crippen LogP contribution in [0.4, 0.5) is 0 Å². The third-order valence-corrected chi connectivity index (χ3v) is 3.20. The van der Waals surface area contributed by atoms with Crippen molar-refractivity contribution in [2.24, 2.45) is 0 Å². The molecule has 0 aromatic carbocycles. The van der Waals surface area contributed by atoms with E-state index in [1.54, 1.807) is 18.3 Å². The molecule has 1 aromatic heterocycles. The van der Waals surface area contributed by atoms with Crippen molar-refractivity contribution in [3.63, 3.8) is 0 Å². The fourth-order valence-corrected chi connectivity index (χ4v) is 2.30. The first-order chi connectivity index (χ1) is 10.6. The number of hydrogen-bond acceptors (Lipinski definition) is 4. The number of aromatic nitrogens is 1. The van der Waals surface area contributed by atoms with Crippen LogP contribution >= 0.6 is 0 Å². The molecule has 1 rings (SSSR count). The van der Waals surface area contributed by atoms with E-state index < -0.39 is 0 Å². The van der Waals surface area contributed by atoms with E-state index in [-0.39, 0.29) is 23.6 Å². The highest BCUT2D eigenvalue weighted by molar-refractivity contribution is 5.94. The topological polar surface area (TPSA) is 51.7 Å². The van der Waals surface area contributed by atoms with E-state index in [9.17, 15) is 4.79 Å². The van der Waals surface area contributed by atoms with Gasteiger partial charge < -0.3 is 14.4 Å². The molecule has 0 aliphatic heterocycles. The summed E-state index contributed by atoms with van der Waals surface area (Å²) in [5, 5.41) is 0. The van der Waals surface area contributed by atoms with Crippen molar-refractivity contribution in [1.29, 1.82) is 0 Å². The SMILES string of the molecule is CC(C)N(C(=O)c1ccc(OCCOC(C)(C)C)nc1)C(C)C. The van der Waals surface area contributed by atoms with Gasteiger partial charge in [0.1, 0.15) is 6.61 Å². The van der Waals surface area contributed by atoms with Crippen LogP contribution in [0.2, 0.25) is 0 Å². The van der Waals surface area contributed by atoms with Crippen molar-refractivity contribution in [3.8, 4) is 5.88 Å². The Bertz CT molecular complexity index is 482. The molecule has 0 saturated heterocycles. The highest BCUT2D eigenvalue weighted by atomic mass is 16.5. The first-order valence-corrected chi connectivity index (χ1v) is 8.17. The first-order valence-electron chi connectivity index (χ1n) is 8.17. The molecule has 5 nitrogen and oxygen atoms in total. The number of carbonyl (C=O) groups is 1. The molecule has 0 fully saturated rings. The molecule has 0 atom stereocenters. The quantitative estimate of drug-likeness (QED) is 0.721. The normalized spacial score (nSPS) is 11.9. The summed E-state index contributed by atoms with van der Waals surface area (Å²) in [6.07, 6.45) is 1.57. The Morgan fingerprint density at radius 1 is 1.13 bits per heavy atom. The van der Waals surface area contributed by atoms with E-state index in [4.69, 9.17) is 9.47 Å². The summed E-state index contributed by atoms with van der Waals surface area (Å²) in [6, 6.07) is 3.77. The van der Waals surface area contributed by atoms with Gasteiger partial charge in [-0.25, -0.2) is 4.98 Å². The lowest BCUT2D eigenvalue weighted by Gasteiger charge is -2.30. The van der Waals surface area contributed by atoms with Crippen molar-refractivity contribution in [1.82, 2.24) is 9.88 Å². The second-order valence-electron chi connectivity index (χ2n) is 7.09. The molecule has 5 heteroatoms. The lowest BCUT2D eigenvalue weighted by molar-refractivity contribution is -0.0168. The third-order valence-electron chi connectivity index (χ3n) is 3.20. The average molecular weight is 322 g/mol. The van der Waals surface area contributed by atoms with E-state index in [1.165, 1.54) is 0 Å². The van der Waals surface area contributed by atoms with Gasteiger partial charge in [-0.1, -0.05) is 0 Å². The Balaban J connectivity index is 2.60. The number of rotatable bonds is 7. The molecule has 1 amide bonds. The minimum Gasteiger partial charge on any atom is -0.475 e. The lowest BCUT2D eigenvalue weighted by atomic mass is 10.1. The smallest absolute Gasteiger partial charge is 0.255 e. The number of amides is 1. The highest BCUT2D eigenvalue weighted by Crippen LogP contribution is 2.14. The number of nitrogens with zero attached hydrogens (tertiary/aromatic N) is 2. The first kappa shape index (κ1) is 19.4. The number of pyridine rings is 1. The van der Waals surface area contributed by atoms with Crippen molar-refractivity contribution >= 4 is 5.91 Å². The molecule has 0 saturated carbocycles. The van der Waals surface area contributed by atoms with Gasteiger partial charge in [0.25, 0.3) is 5.91 Å². The summed E-state index contributed by atoms with van der Waals surface area (Å²) in [5.41, 5.74) is 0.398. The maximum atomic E-state index is 12.5. The second-order valence-corrected chi connectivity index (χ2v) is 7.09. The molecular formula is C18H30N2O3. The van der Waals surface area contributed by atoms with Gasteiger partial charge in [-0.15, -0.1) is 0 Å². The average Bonchev–Trinajstić information content (AvgIpc) is 2.42. The Hall–Kier alpha value is -1.62. The molecule has 0 spiro atoms. The van der Waals surface area contributed by atoms with Crippen LogP contribution in [0.25, 0.3) is 0 Å². The van der Waals surface area contributed by atoms with Gasteiger partial charge in [-0.05, 0) is 54.5 Å². The molecule has 23 heavy (non-hydrogen) atoms. The van der Waals surface area contributed by atoms with E-state index in [2.05, 4.69) is 4.98 Å². The summed E-state index contributed by atoms with van der Waals surface area (Å²) in [5.74, 6) is 0.491. The van der Waals surface area contributed by atoms with Crippen LogP contribution in [0.3, 0.4) is 0 Å². The Morgan fingerprint density at radius 3 is 2.17 bits per heavy atom. The van der Waals surface area contributed by atoms with Crippen LogP contribution in [0.5, 0.6) is 5.88 Å². The molecule has 1 heterocycles. The van der Waals surface area contributed by atoms with Crippen LogP contribution in [0.15, 0.2) is 18.3 Å². The molecule has 0 N–H and O–H groups in total. The Morgan fingerprint density at radius 2 is 1.74 bits per heavy atom. The number of ether oxygens (including phenoxy) is 2. The molecule has 0 bridgehead atoms. The van der Waals surface area contributed by atoms with E-state index >= 15 is 0 Å². The summed E-state index contributed by atoms with van der Waals surface area (Å²) in [7, 11) is 0. The standard InChI is InChI=1S/C18H30N2O3/c1-13(2)20(14(3)4)17(21)15-8-9-16(19-12-15)22-10-11-23-18(5,6)7/h8-9,12-14H,10-11H2,1-7H3. The van der Waals surface area contributed by atoms with Gasteiger partial charge in [0.15, 0.2) is 0 Å². The van der Waals surface area contributed by atoms with Gasteiger partial charge in [-0.2, -0.15) is 0 Å². The zero-order chi connectivity index (χ0) is 17.6. The summed E-state index contributed by atoms with van der Waals surface area (Å²) in [4.78, 5) is 18.6. The van der Waals surface area contributed by atoms with Gasteiger partial charge >= 0.3 is 0 Å². The Labute approximate surface area is 140 Å². The van der Waals surface area contributed by atoms with Crippen molar-refractivity contribution in [3.05, 3.63) is 23.9 Å². The molecule has 130 valence electrons. The van der Waals surface area contributed by atoms with Crippen LogP contribution in [0, 0.1) is 0 Å². The molecule has 1 aromatic rings. The molecule has 0 unspecified atom stereocenters. The summed E-state index contributed by atoms with van der Waals surface area (Å²) >= 11 is 0. The van der Waals surface area contributed by atoms with Crippen molar-refractivity contribution < 1.29 is 14.3 Å². The van der Waals surface area contributed by atoms with Gasteiger partial charge in [-0.3, -0.25) is 4.79 Å². The largest absolute Gasteiger partial charge is 0.475 e. The molecule has 0 aliphatic carbocycles. The van der Waals surface area contributed by atoms with Crippen LogP contribution in [-0.4, -0.2) is 46.7 Å². The van der Waals surface area contributed by atoms with E-state index in [0.29, 0.717) is 24.7 Å². The molecule has 0 radical (unpaired) electrons. The van der Waals surface area contributed by atoms with Crippen LogP contribution < -0.4 is 4.74 Å². The predicted molar refractivity (Wildman–Crippen MR) is 91.9 cm³/mol. The number of hydrogen-bond donors (Lipinski definition) is 0. The lowest BCUT2D eigenvalue weighted by Crippen LogP contribution is -2.42. The minimum absolute atomic E-state index is 0.00915. The van der Waals surface area contributed by atoms with E-state index in [0.717, 1.165) is 0 Å². The fraction of sp³-hybridized carbons (Fsp3) is 0.667. The summed E-state index contributed by atoms with van der Waals surface area (Å²) in [6.45, 7) is 15.0. The van der Waals surface area contributed by atoms with Crippen LogP contribution in [-0.2, 0) is 4.74 Å². The fourth-order valence-electron chi connectivity index (χ4n) is 2.30. The monoisotopic (exact) mass is 322 g/mol. The van der Waals surface area contributed by atoms with Crippen molar-refractivity contribution in [2.45, 2.75) is 66.2 Å². The zero-order valence-electron chi connectivity index (χ0n) is 15.4. The Kier molecular flexibility index (Phi) is 7.01. The van der Waals surface area contributed by atoms with Gasteiger partial charge in [0, 0.05) is 24.3 Å². The molecule has 0 aliphatic rings. The minimum atomic E-state index is -0.176. The van der Waals surface area contributed by atoms with E-state index in [1.807, 2.05) is 53.4 Å². The third kappa shape index (κ3) is 6.57.